The molecule has 0 heterocycles. The van der Waals surface area contributed by atoms with E-state index in [0.29, 0.717) is 5.46 Å². The average molecular weight is 228 g/mol. The van der Waals surface area contributed by atoms with Crippen molar-refractivity contribution in [1.82, 2.24) is 0 Å². The van der Waals surface area contributed by atoms with Crippen LogP contribution in [0.25, 0.3) is 11.1 Å². The first-order chi connectivity index (χ1) is 8.20. The minimum absolute atomic E-state index is 0.483. The smallest absolute Gasteiger partial charge is 0.488 e. The van der Waals surface area contributed by atoms with Crippen LogP contribution in [0.2, 0.25) is 0 Å². The summed E-state index contributed by atoms with van der Waals surface area (Å²) < 4.78 is 5.16. The Bertz CT molecular complexity index is 494. The first-order valence-corrected chi connectivity index (χ1v) is 5.31. The standard InChI is InChI=1S/C13H13BO3/c1-17-13-4-2-3-11(9-13)10-5-7-12(8-6-10)14(15)16/h2-9,15-16H,1H3. The normalized spacial score (nSPS) is 10.1. The predicted molar refractivity (Wildman–Crippen MR) is 68.3 cm³/mol. The van der Waals surface area contributed by atoms with Crippen molar-refractivity contribution in [3.8, 4) is 16.9 Å². The van der Waals surface area contributed by atoms with Crippen molar-refractivity contribution in [3.63, 3.8) is 0 Å². The Balaban J connectivity index is 2.32. The zero-order valence-electron chi connectivity index (χ0n) is 9.50. The van der Waals surface area contributed by atoms with E-state index < -0.39 is 7.12 Å². The maximum Gasteiger partial charge on any atom is 0.488 e. The lowest BCUT2D eigenvalue weighted by Gasteiger charge is -2.06. The third-order valence-electron chi connectivity index (χ3n) is 2.61. The summed E-state index contributed by atoms with van der Waals surface area (Å²) in [5.41, 5.74) is 2.52. The summed E-state index contributed by atoms with van der Waals surface area (Å²) in [6.45, 7) is 0. The Morgan fingerprint density at radius 2 is 1.65 bits per heavy atom. The molecule has 17 heavy (non-hydrogen) atoms. The molecule has 0 aliphatic carbocycles. The van der Waals surface area contributed by atoms with Gasteiger partial charge in [-0.15, -0.1) is 0 Å². The molecule has 0 spiro atoms. The van der Waals surface area contributed by atoms with Gasteiger partial charge in [0.2, 0.25) is 0 Å². The lowest BCUT2D eigenvalue weighted by Crippen LogP contribution is -2.29. The van der Waals surface area contributed by atoms with Gasteiger partial charge in [0, 0.05) is 0 Å². The van der Waals surface area contributed by atoms with E-state index in [-0.39, 0.29) is 0 Å². The SMILES string of the molecule is COc1cccc(-c2ccc(B(O)O)cc2)c1. The fraction of sp³-hybridized carbons (Fsp3) is 0.0769. The number of hydrogen-bond acceptors (Lipinski definition) is 3. The van der Waals surface area contributed by atoms with E-state index in [1.54, 1.807) is 19.2 Å². The average Bonchev–Trinajstić information content (AvgIpc) is 2.39. The van der Waals surface area contributed by atoms with Gasteiger partial charge >= 0.3 is 7.12 Å². The van der Waals surface area contributed by atoms with E-state index in [0.717, 1.165) is 16.9 Å². The van der Waals surface area contributed by atoms with Gasteiger partial charge in [-0.3, -0.25) is 0 Å². The molecular formula is C13H13BO3. The summed E-state index contributed by atoms with van der Waals surface area (Å²) in [5.74, 6) is 0.800. The monoisotopic (exact) mass is 228 g/mol. The van der Waals surface area contributed by atoms with Gasteiger partial charge in [-0.05, 0) is 28.7 Å². The van der Waals surface area contributed by atoms with Crippen molar-refractivity contribution >= 4 is 12.6 Å². The van der Waals surface area contributed by atoms with Gasteiger partial charge in [-0.2, -0.15) is 0 Å². The van der Waals surface area contributed by atoms with E-state index in [1.165, 1.54) is 0 Å². The number of ether oxygens (including phenoxy) is 1. The molecule has 0 saturated heterocycles. The van der Waals surface area contributed by atoms with Gasteiger partial charge in [0.25, 0.3) is 0 Å². The molecule has 0 amide bonds. The number of hydrogen-bond donors (Lipinski definition) is 2. The van der Waals surface area contributed by atoms with Crippen molar-refractivity contribution in [2.24, 2.45) is 0 Å². The number of rotatable bonds is 3. The van der Waals surface area contributed by atoms with Crippen LogP contribution in [0, 0.1) is 0 Å². The first kappa shape index (κ1) is 11.7. The highest BCUT2D eigenvalue weighted by molar-refractivity contribution is 6.58. The molecule has 2 aromatic carbocycles. The van der Waals surface area contributed by atoms with Gasteiger partial charge in [-0.1, -0.05) is 36.4 Å². The number of methoxy groups -OCH3 is 1. The third kappa shape index (κ3) is 2.67. The summed E-state index contributed by atoms with van der Waals surface area (Å²) >= 11 is 0. The molecule has 0 unspecified atom stereocenters. The summed E-state index contributed by atoms with van der Waals surface area (Å²) in [6, 6.07) is 14.8. The van der Waals surface area contributed by atoms with Crippen LogP contribution in [0.3, 0.4) is 0 Å². The Kier molecular flexibility index (Phi) is 3.47. The van der Waals surface area contributed by atoms with E-state index in [9.17, 15) is 0 Å². The summed E-state index contributed by atoms with van der Waals surface area (Å²) in [6.07, 6.45) is 0. The van der Waals surface area contributed by atoms with Crippen LogP contribution in [-0.2, 0) is 0 Å². The Hall–Kier alpha value is -1.78. The van der Waals surface area contributed by atoms with Crippen LogP contribution in [0.15, 0.2) is 48.5 Å². The molecule has 0 bridgehead atoms. The molecule has 0 saturated carbocycles. The molecule has 4 heteroatoms. The molecule has 0 atom stereocenters. The van der Waals surface area contributed by atoms with Crippen LogP contribution >= 0.6 is 0 Å². The van der Waals surface area contributed by atoms with E-state index >= 15 is 0 Å². The Morgan fingerprint density at radius 3 is 2.24 bits per heavy atom. The van der Waals surface area contributed by atoms with E-state index in [4.69, 9.17) is 14.8 Å². The molecule has 0 aromatic heterocycles. The molecule has 2 rings (SSSR count). The topological polar surface area (TPSA) is 49.7 Å². The second-order valence-electron chi connectivity index (χ2n) is 3.73. The zero-order chi connectivity index (χ0) is 12.3. The van der Waals surface area contributed by atoms with Crippen LogP contribution in [0.1, 0.15) is 0 Å². The summed E-state index contributed by atoms with van der Waals surface area (Å²) in [4.78, 5) is 0. The molecule has 0 radical (unpaired) electrons. The molecule has 2 N–H and O–H groups in total. The molecule has 0 aliphatic rings. The highest BCUT2D eigenvalue weighted by Crippen LogP contribution is 2.22. The van der Waals surface area contributed by atoms with Crippen molar-refractivity contribution < 1.29 is 14.8 Å². The van der Waals surface area contributed by atoms with Gasteiger partial charge in [-0.25, -0.2) is 0 Å². The Labute approximate surface area is 100 Å². The molecule has 3 nitrogen and oxygen atoms in total. The second-order valence-corrected chi connectivity index (χ2v) is 3.73. The van der Waals surface area contributed by atoms with Crippen LogP contribution in [-0.4, -0.2) is 24.3 Å². The molecule has 2 aromatic rings. The predicted octanol–water partition coefficient (Wildman–Crippen LogP) is 1.04. The van der Waals surface area contributed by atoms with E-state index in [2.05, 4.69) is 0 Å². The lowest BCUT2D eigenvalue weighted by atomic mass is 9.80. The number of benzene rings is 2. The second kappa shape index (κ2) is 5.04. The third-order valence-corrected chi connectivity index (χ3v) is 2.61. The van der Waals surface area contributed by atoms with Crippen LogP contribution < -0.4 is 10.2 Å². The fourth-order valence-corrected chi connectivity index (χ4v) is 1.65. The first-order valence-electron chi connectivity index (χ1n) is 5.31. The van der Waals surface area contributed by atoms with Crippen molar-refractivity contribution in [2.45, 2.75) is 0 Å². The highest BCUT2D eigenvalue weighted by atomic mass is 16.5. The maximum absolute atomic E-state index is 9.00. The van der Waals surface area contributed by atoms with Crippen LogP contribution in [0.4, 0.5) is 0 Å². The lowest BCUT2D eigenvalue weighted by molar-refractivity contribution is 0.415. The van der Waals surface area contributed by atoms with Crippen molar-refractivity contribution in [2.75, 3.05) is 7.11 Å². The summed E-state index contributed by atoms with van der Waals surface area (Å²) in [5, 5.41) is 18.0. The summed E-state index contributed by atoms with van der Waals surface area (Å²) in [7, 11) is 0.207. The molecule has 86 valence electrons. The molecule has 0 fully saturated rings. The van der Waals surface area contributed by atoms with Gasteiger partial charge in [0.05, 0.1) is 7.11 Å². The van der Waals surface area contributed by atoms with Crippen LogP contribution in [0.5, 0.6) is 5.75 Å². The van der Waals surface area contributed by atoms with Crippen molar-refractivity contribution in [3.05, 3.63) is 48.5 Å². The molecule has 0 aliphatic heterocycles. The minimum Gasteiger partial charge on any atom is -0.497 e. The quantitative estimate of drug-likeness (QED) is 0.771. The van der Waals surface area contributed by atoms with Gasteiger partial charge < -0.3 is 14.8 Å². The van der Waals surface area contributed by atoms with Crippen molar-refractivity contribution in [1.29, 1.82) is 0 Å². The maximum atomic E-state index is 9.00. The Morgan fingerprint density at radius 1 is 0.941 bits per heavy atom. The highest BCUT2D eigenvalue weighted by Gasteiger charge is 2.10. The fourth-order valence-electron chi connectivity index (χ4n) is 1.65. The van der Waals surface area contributed by atoms with E-state index in [1.807, 2.05) is 36.4 Å². The zero-order valence-corrected chi connectivity index (χ0v) is 9.50. The molecular weight excluding hydrogens is 215 g/mol. The van der Waals surface area contributed by atoms with Gasteiger partial charge in [0.15, 0.2) is 0 Å². The largest absolute Gasteiger partial charge is 0.497 e. The van der Waals surface area contributed by atoms with Gasteiger partial charge in [0.1, 0.15) is 5.75 Å². The minimum atomic E-state index is -1.42.